The average Bonchev–Trinajstić information content (AvgIpc) is 2.65. The molecule has 0 aliphatic rings. The molecule has 1 unspecified atom stereocenters. The number of carboxylic acids is 1. The number of phenols is 1. The summed E-state index contributed by atoms with van der Waals surface area (Å²) < 4.78 is 1.79. The molecule has 0 saturated heterocycles. The number of carboxylic acid groups (broad SMARTS) is 1. The summed E-state index contributed by atoms with van der Waals surface area (Å²) in [5, 5.41) is 28.5. The summed E-state index contributed by atoms with van der Waals surface area (Å²) in [5.74, 6) is -1.17. The summed E-state index contributed by atoms with van der Waals surface area (Å²) in [7, 11) is 0. The third-order valence-electron chi connectivity index (χ3n) is 2.77. The largest absolute Gasteiger partial charge is 0.508 e. The van der Waals surface area contributed by atoms with Gasteiger partial charge < -0.3 is 19.9 Å². The monoisotopic (exact) mass is 235 g/mol. The second kappa shape index (κ2) is 4.10. The third-order valence-corrected chi connectivity index (χ3v) is 2.77. The molecule has 2 rings (SSSR count). The Hall–Kier alpha value is -2.01. The van der Waals surface area contributed by atoms with Crippen molar-refractivity contribution >= 4 is 16.9 Å². The van der Waals surface area contributed by atoms with Crippen molar-refractivity contribution in [1.29, 1.82) is 0 Å². The Morgan fingerprint density at radius 2 is 2.18 bits per heavy atom. The van der Waals surface area contributed by atoms with E-state index in [-0.39, 0.29) is 5.75 Å². The zero-order valence-electron chi connectivity index (χ0n) is 9.29. The lowest BCUT2D eigenvalue weighted by molar-refractivity contribution is -0.146. The van der Waals surface area contributed by atoms with Crippen LogP contribution in [0.4, 0.5) is 0 Å². The van der Waals surface area contributed by atoms with Gasteiger partial charge in [0.15, 0.2) is 6.10 Å². The molecule has 3 N–H and O–H groups in total. The second-order valence-corrected chi connectivity index (χ2v) is 3.81. The third kappa shape index (κ3) is 1.85. The Balaban J connectivity index is 2.69. The Bertz CT molecular complexity index is 573. The van der Waals surface area contributed by atoms with E-state index in [4.69, 9.17) is 5.11 Å². The summed E-state index contributed by atoms with van der Waals surface area (Å²) in [4.78, 5) is 10.8. The van der Waals surface area contributed by atoms with Gasteiger partial charge in [0.25, 0.3) is 0 Å². The van der Waals surface area contributed by atoms with Crippen molar-refractivity contribution in [2.24, 2.45) is 0 Å². The fourth-order valence-corrected chi connectivity index (χ4v) is 1.92. The van der Waals surface area contributed by atoms with E-state index in [1.165, 1.54) is 6.07 Å². The van der Waals surface area contributed by atoms with Gasteiger partial charge in [-0.2, -0.15) is 0 Å². The molecule has 0 fully saturated rings. The molecule has 0 saturated carbocycles. The second-order valence-electron chi connectivity index (χ2n) is 3.81. The van der Waals surface area contributed by atoms with E-state index in [0.29, 0.717) is 23.0 Å². The molecule has 0 radical (unpaired) electrons. The van der Waals surface area contributed by atoms with Gasteiger partial charge in [-0.1, -0.05) is 0 Å². The van der Waals surface area contributed by atoms with Gasteiger partial charge in [0, 0.05) is 29.8 Å². The number of hydrogen-bond donors (Lipinski definition) is 3. The molecule has 2 aromatic rings. The molecule has 0 aliphatic carbocycles. The van der Waals surface area contributed by atoms with E-state index in [1.807, 2.05) is 6.92 Å². The molecule has 0 aliphatic heterocycles. The highest BCUT2D eigenvalue weighted by Gasteiger charge is 2.21. The molecule has 0 amide bonds. The van der Waals surface area contributed by atoms with Crippen molar-refractivity contribution in [1.82, 2.24) is 4.57 Å². The Morgan fingerprint density at radius 3 is 2.76 bits per heavy atom. The first-order valence-electron chi connectivity index (χ1n) is 5.27. The number of aliphatic hydroxyl groups is 1. The summed E-state index contributed by atoms with van der Waals surface area (Å²) >= 11 is 0. The van der Waals surface area contributed by atoms with Crippen molar-refractivity contribution in [3.8, 4) is 5.75 Å². The Morgan fingerprint density at radius 1 is 1.47 bits per heavy atom. The van der Waals surface area contributed by atoms with E-state index in [9.17, 15) is 15.0 Å². The van der Waals surface area contributed by atoms with Crippen LogP contribution in [0.5, 0.6) is 5.75 Å². The molecular weight excluding hydrogens is 222 g/mol. The van der Waals surface area contributed by atoms with Crippen LogP contribution in [0.1, 0.15) is 18.6 Å². The van der Waals surface area contributed by atoms with E-state index >= 15 is 0 Å². The van der Waals surface area contributed by atoms with Gasteiger partial charge in [0.1, 0.15) is 5.75 Å². The van der Waals surface area contributed by atoms with Crippen LogP contribution >= 0.6 is 0 Å². The lowest BCUT2D eigenvalue weighted by atomic mass is 10.1. The molecule has 90 valence electrons. The van der Waals surface area contributed by atoms with E-state index in [1.54, 1.807) is 22.9 Å². The molecular formula is C12H13NO4. The molecule has 17 heavy (non-hydrogen) atoms. The molecule has 5 nitrogen and oxygen atoms in total. The summed E-state index contributed by atoms with van der Waals surface area (Å²) in [5.41, 5.74) is 1.05. The van der Waals surface area contributed by atoms with Crippen LogP contribution in [0.25, 0.3) is 10.9 Å². The van der Waals surface area contributed by atoms with Crippen LogP contribution in [0.15, 0.2) is 24.4 Å². The maximum absolute atomic E-state index is 10.8. The van der Waals surface area contributed by atoms with Crippen LogP contribution in [-0.4, -0.2) is 25.9 Å². The number of aliphatic carboxylic acids is 1. The zero-order valence-corrected chi connectivity index (χ0v) is 9.29. The maximum atomic E-state index is 10.8. The van der Waals surface area contributed by atoms with Crippen LogP contribution < -0.4 is 0 Å². The van der Waals surface area contributed by atoms with Crippen LogP contribution in [0.3, 0.4) is 0 Å². The summed E-state index contributed by atoms with van der Waals surface area (Å²) in [6.07, 6.45) is 0.0537. The van der Waals surface area contributed by atoms with Crippen molar-refractivity contribution in [3.63, 3.8) is 0 Å². The normalized spacial score (nSPS) is 12.8. The number of aromatic nitrogens is 1. The van der Waals surface area contributed by atoms with Crippen LogP contribution in [0.2, 0.25) is 0 Å². The minimum Gasteiger partial charge on any atom is -0.508 e. The number of aryl methyl sites for hydroxylation is 1. The van der Waals surface area contributed by atoms with Gasteiger partial charge in [0.2, 0.25) is 0 Å². The number of phenolic OH excluding ortho intramolecular Hbond substituents is 1. The number of hydrogen-bond acceptors (Lipinski definition) is 3. The number of carbonyl (C=O) groups is 1. The first kappa shape index (κ1) is 11.5. The Labute approximate surface area is 97.5 Å². The lowest BCUT2D eigenvalue weighted by Crippen LogP contribution is -2.09. The molecule has 0 spiro atoms. The Kier molecular flexibility index (Phi) is 2.77. The predicted molar refractivity (Wildman–Crippen MR) is 61.9 cm³/mol. The molecule has 1 aromatic heterocycles. The zero-order chi connectivity index (χ0) is 12.6. The van der Waals surface area contributed by atoms with Crippen LogP contribution in [-0.2, 0) is 11.3 Å². The van der Waals surface area contributed by atoms with Crippen molar-refractivity contribution < 1.29 is 20.1 Å². The highest BCUT2D eigenvalue weighted by atomic mass is 16.4. The minimum atomic E-state index is -1.55. The number of aliphatic hydroxyl groups excluding tert-OH is 1. The SMILES string of the molecule is CCn1cc(C(O)C(=O)O)c2ccc(O)cc21. The van der Waals surface area contributed by atoms with Gasteiger partial charge in [0.05, 0.1) is 5.52 Å². The maximum Gasteiger partial charge on any atom is 0.337 e. The number of fused-ring (bicyclic) bond motifs is 1. The van der Waals surface area contributed by atoms with Crippen molar-refractivity contribution in [2.75, 3.05) is 0 Å². The quantitative estimate of drug-likeness (QED) is 0.752. The smallest absolute Gasteiger partial charge is 0.337 e. The van der Waals surface area contributed by atoms with Gasteiger partial charge in [-0.3, -0.25) is 0 Å². The van der Waals surface area contributed by atoms with Gasteiger partial charge in [-0.05, 0) is 19.1 Å². The van der Waals surface area contributed by atoms with E-state index in [2.05, 4.69) is 0 Å². The molecule has 1 atom stereocenters. The summed E-state index contributed by atoms with van der Waals surface area (Å²) in [6, 6.07) is 4.63. The first-order chi connectivity index (χ1) is 8.04. The fraction of sp³-hybridized carbons (Fsp3) is 0.250. The van der Waals surface area contributed by atoms with Crippen molar-refractivity contribution in [2.45, 2.75) is 19.6 Å². The van der Waals surface area contributed by atoms with Crippen LogP contribution in [0, 0.1) is 0 Å². The minimum absolute atomic E-state index is 0.113. The number of benzene rings is 1. The molecule has 5 heteroatoms. The standard InChI is InChI=1S/C12H13NO4/c1-2-13-6-9(11(15)12(16)17)8-4-3-7(14)5-10(8)13/h3-6,11,14-15H,2H2,1H3,(H,16,17). The van der Waals surface area contributed by atoms with E-state index in [0.717, 1.165) is 0 Å². The predicted octanol–water partition coefficient (Wildman–Crippen LogP) is 1.48. The first-order valence-corrected chi connectivity index (χ1v) is 5.27. The molecule has 0 bridgehead atoms. The number of rotatable bonds is 3. The van der Waals surface area contributed by atoms with Gasteiger partial charge >= 0.3 is 5.97 Å². The van der Waals surface area contributed by atoms with Crippen molar-refractivity contribution in [3.05, 3.63) is 30.0 Å². The highest BCUT2D eigenvalue weighted by molar-refractivity contribution is 5.89. The molecule has 1 aromatic carbocycles. The fourth-order valence-electron chi connectivity index (χ4n) is 1.92. The number of nitrogens with zero attached hydrogens (tertiary/aromatic N) is 1. The topological polar surface area (TPSA) is 82.7 Å². The molecule has 1 heterocycles. The van der Waals surface area contributed by atoms with E-state index < -0.39 is 12.1 Å². The van der Waals surface area contributed by atoms with Gasteiger partial charge in [-0.25, -0.2) is 4.79 Å². The number of aromatic hydroxyl groups is 1. The summed E-state index contributed by atoms with van der Waals surface area (Å²) in [6.45, 7) is 2.53. The average molecular weight is 235 g/mol. The highest BCUT2D eigenvalue weighted by Crippen LogP contribution is 2.29. The lowest BCUT2D eigenvalue weighted by Gasteiger charge is -2.02. The van der Waals surface area contributed by atoms with Gasteiger partial charge in [-0.15, -0.1) is 0 Å².